The van der Waals surface area contributed by atoms with Gasteiger partial charge in [0.1, 0.15) is 10.8 Å². The molecule has 152 valence electrons. The molecule has 0 atom stereocenters. The van der Waals surface area contributed by atoms with Gasteiger partial charge in [0.15, 0.2) is 5.69 Å². The van der Waals surface area contributed by atoms with Gasteiger partial charge >= 0.3 is 0 Å². The van der Waals surface area contributed by atoms with Crippen molar-refractivity contribution >= 4 is 27.2 Å². The molecule has 0 unspecified atom stereocenters. The summed E-state index contributed by atoms with van der Waals surface area (Å²) in [5.41, 5.74) is 5.57. The number of aromatic hydroxyl groups is 1. The Morgan fingerprint density at radius 1 is 0.903 bits per heavy atom. The van der Waals surface area contributed by atoms with Gasteiger partial charge in [-0.2, -0.15) is 0 Å². The van der Waals surface area contributed by atoms with Crippen LogP contribution in [0.1, 0.15) is 0 Å². The Morgan fingerprint density at radius 3 is 2.55 bits per heavy atom. The zero-order valence-electron chi connectivity index (χ0n) is 16.0. The van der Waals surface area contributed by atoms with E-state index in [1.54, 1.807) is 24.4 Å². The van der Waals surface area contributed by atoms with Gasteiger partial charge in [0.2, 0.25) is 0 Å². The number of hydrogen-bond acceptors (Lipinski definition) is 4. The Labute approximate surface area is 198 Å². The molecule has 2 aromatic heterocycles. The molecule has 0 radical (unpaired) electrons. The van der Waals surface area contributed by atoms with Crippen molar-refractivity contribution in [2.75, 3.05) is 0 Å². The number of nitrogens with zero attached hydrogens (tertiary/aromatic N) is 3. The summed E-state index contributed by atoms with van der Waals surface area (Å²) < 4.78 is 1.01. The van der Waals surface area contributed by atoms with E-state index in [-0.39, 0.29) is 26.8 Å². The molecule has 0 aliphatic heterocycles. The number of aromatic nitrogens is 2. The third kappa shape index (κ3) is 4.01. The van der Waals surface area contributed by atoms with Crippen LogP contribution in [-0.2, 0) is 21.1 Å². The molecule has 3 aromatic carbocycles. The molecule has 0 saturated carbocycles. The number of para-hydroxylation sites is 1. The minimum Gasteiger partial charge on any atom is -0.507 e. The molecule has 2 heterocycles. The van der Waals surface area contributed by atoms with Gasteiger partial charge in [-0.15, -0.1) is 41.2 Å². The number of benzene rings is 3. The Bertz CT molecular complexity index is 1420. The number of thiazole rings is 1. The Morgan fingerprint density at radius 2 is 1.74 bits per heavy atom. The number of rotatable bonds is 3. The van der Waals surface area contributed by atoms with E-state index >= 15 is 0 Å². The molecule has 31 heavy (non-hydrogen) atoms. The van der Waals surface area contributed by atoms with Crippen LogP contribution < -0.4 is 0 Å². The van der Waals surface area contributed by atoms with Crippen molar-refractivity contribution in [3.63, 3.8) is 0 Å². The third-order valence-electron chi connectivity index (χ3n) is 4.78. The number of phenols is 1. The molecule has 0 aliphatic rings. The van der Waals surface area contributed by atoms with Gasteiger partial charge in [0, 0.05) is 43.2 Å². The van der Waals surface area contributed by atoms with Crippen molar-refractivity contribution in [2.45, 2.75) is 0 Å². The van der Waals surface area contributed by atoms with Crippen molar-refractivity contribution in [3.05, 3.63) is 96.5 Å². The van der Waals surface area contributed by atoms with Crippen molar-refractivity contribution in [2.24, 2.45) is 0 Å². The van der Waals surface area contributed by atoms with Crippen molar-refractivity contribution < 1.29 is 26.2 Å². The smallest absolute Gasteiger partial charge is 0.188 e. The van der Waals surface area contributed by atoms with Crippen LogP contribution in [0, 0.1) is 12.6 Å². The molecular formula is C25H14N3OPtS-. The summed E-state index contributed by atoms with van der Waals surface area (Å²) in [6.07, 6.45) is 1.77. The summed E-state index contributed by atoms with van der Waals surface area (Å²) >= 11 is 1.49. The molecule has 5 rings (SSSR count). The zero-order chi connectivity index (χ0) is 20.5. The van der Waals surface area contributed by atoms with Crippen LogP contribution in [0.4, 0.5) is 5.69 Å². The molecule has 0 fully saturated rings. The maximum Gasteiger partial charge on any atom is 0.188 e. The summed E-state index contributed by atoms with van der Waals surface area (Å²) in [6, 6.07) is 26.1. The first-order chi connectivity index (χ1) is 14.7. The third-order valence-corrected chi connectivity index (χ3v) is 5.84. The van der Waals surface area contributed by atoms with Crippen molar-refractivity contribution in [3.8, 4) is 38.7 Å². The second-order valence-corrected chi connectivity index (χ2v) is 7.71. The van der Waals surface area contributed by atoms with Crippen LogP contribution in [0.15, 0.2) is 79.0 Å². The Balaban J connectivity index is 0.00000231. The van der Waals surface area contributed by atoms with Crippen molar-refractivity contribution in [1.82, 2.24) is 9.97 Å². The molecule has 5 aromatic rings. The fourth-order valence-corrected chi connectivity index (χ4v) is 4.36. The molecule has 1 N–H and O–H groups in total. The topological polar surface area (TPSA) is 50.4 Å². The zero-order valence-corrected chi connectivity index (χ0v) is 19.1. The average Bonchev–Trinajstić information content (AvgIpc) is 3.24. The number of fused-ring (bicyclic) bond motifs is 1. The van der Waals surface area contributed by atoms with Gasteiger partial charge in [-0.05, 0) is 24.3 Å². The molecule has 0 amide bonds. The van der Waals surface area contributed by atoms with E-state index in [0.717, 1.165) is 32.6 Å². The summed E-state index contributed by atoms with van der Waals surface area (Å²) in [7, 11) is 0. The van der Waals surface area contributed by atoms with Gasteiger partial charge in [0.25, 0.3) is 0 Å². The maximum absolute atomic E-state index is 10.3. The fraction of sp³-hybridized carbons (Fsp3) is 0. The number of pyridine rings is 1. The average molecular weight is 600 g/mol. The predicted molar refractivity (Wildman–Crippen MR) is 120 cm³/mol. The van der Waals surface area contributed by atoms with E-state index in [1.165, 1.54) is 11.3 Å². The van der Waals surface area contributed by atoms with Crippen molar-refractivity contribution in [1.29, 1.82) is 0 Å². The van der Waals surface area contributed by atoms with E-state index < -0.39 is 0 Å². The Hall–Kier alpha value is -3.32. The van der Waals surface area contributed by atoms with E-state index in [1.807, 2.05) is 54.6 Å². The largest absolute Gasteiger partial charge is 0.507 e. The minimum atomic E-state index is 0. The van der Waals surface area contributed by atoms with Crippen LogP contribution in [0.2, 0.25) is 0 Å². The monoisotopic (exact) mass is 599 g/mol. The van der Waals surface area contributed by atoms with Gasteiger partial charge in [-0.3, -0.25) is 4.98 Å². The molecule has 6 heteroatoms. The summed E-state index contributed by atoms with van der Waals surface area (Å²) in [5, 5.41) is 11.0. The Kier molecular flexibility index (Phi) is 5.95. The number of phenolic OH excluding ortho intramolecular Hbond substituents is 1. The second-order valence-electron chi connectivity index (χ2n) is 6.68. The van der Waals surface area contributed by atoms with Gasteiger partial charge in [-0.25, -0.2) is 9.83 Å². The van der Waals surface area contributed by atoms with Crippen LogP contribution in [0.5, 0.6) is 5.75 Å². The predicted octanol–water partition coefficient (Wildman–Crippen LogP) is 6.75. The van der Waals surface area contributed by atoms with Crippen LogP contribution in [-0.4, -0.2) is 15.1 Å². The van der Waals surface area contributed by atoms with E-state index in [9.17, 15) is 5.11 Å². The molecule has 0 aliphatic carbocycles. The van der Waals surface area contributed by atoms with Crippen LogP contribution in [0.3, 0.4) is 0 Å². The first kappa shape index (κ1) is 20.9. The van der Waals surface area contributed by atoms with Gasteiger partial charge in [0.05, 0.1) is 12.1 Å². The minimum absolute atomic E-state index is 0. The SMILES string of the molecule is [C-]#[N+]c1ccc(O)c(-c2nc3c(-c4[c-]c(-c5ccccn5)ccc4)cccc3s2)c1.[Pt]. The first-order valence-electron chi connectivity index (χ1n) is 9.27. The molecular weight excluding hydrogens is 585 g/mol. The van der Waals surface area contributed by atoms with E-state index in [2.05, 4.69) is 15.9 Å². The first-order valence-corrected chi connectivity index (χ1v) is 10.1. The summed E-state index contributed by atoms with van der Waals surface area (Å²) in [5.74, 6) is 0.117. The molecule has 0 saturated heterocycles. The van der Waals surface area contributed by atoms with Gasteiger partial charge < -0.3 is 5.11 Å². The quantitative estimate of drug-likeness (QED) is 0.234. The fourth-order valence-electron chi connectivity index (χ4n) is 3.34. The second kappa shape index (κ2) is 8.81. The molecule has 4 nitrogen and oxygen atoms in total. The van der Waals surface area contributed by atoms with E-state index in [0.29, 0.717) is 16.3 Å². The van der Waals surface area contributed by atoms with E-state index in [4.69, 9.17) is 11.6 Å². The van der Waals surface area contributed by atoms with Crippen LogP contribution in [0.25, 0.3) is 48.0 Å². The summed E-state index contributed by atoms with van der Waals surface area (Å²) in [6.45, 7) is 7.24. The van der Waals surface area contributed by atoms with Crippen LogP contribution >= 0.6 is 11.3 Å². The molecule has 0 bridgehead atoms. The summed E-state index contributed by atoms with van der Waals surface area (Å²) in [4.78, 5) is 12.7. The normalized spacial score (nSPS) is 10.4. The molecule has 0 spiro atoms. The van der Waals surface area contributed by atoms with Gasteiger partial charge in [-0.1, -0.05) is 41.5 Å². The maximum atomic E-state index is 10.3. The standard InChI is InChI=1S/C25H14N3OS.Pt/c1-26-18-11-12-22(29)20(15-18)25-28-24-19(8-5-10-23(24)30-25)16-6-4-7-17(14-16)21-9-2-3-13-27-21;/h2-13,15,29H;/q-1;. The number of hydrogen-bond donors (Lipinski definition) is 1.